The Labute approximate surface area is 144 Å². The molecule has 3 aromatic heterocycles. The second-order valence-electron chi connectivity index (χ2n) is 6.11. The molecule has 0 aliphatic carbocycles. The normalized spacial score (nSPS) is 11.3. The first kappa shape index (κ1) is 15.4. The number of H-pyrrole nitrogens is 1. The van der Waals surface area contributed by atoms with Gasteiger partial charge in [0.05, 0.1) is 17.6 Å². The topological polar surface area (TPSA) is 68.0 Å². The van der Waals surface area contributed by atoms with Crippen LogP contribution in [-0.4, -0.2) is 24.4 Å². The van der Waals surface area contributed by atoms with Crippen LogP contribution in [0.2, 0.25) is 0 Å². The lowest BCUT2D eigenvalue weighted by Gasteiger charge is -1.99. The number of nitrogens with one attached hydrogen (secondary N) is 1. The molecule has 6 heteroatoms. The predicted octanol–water partition coefficient (Wildman–Crippen LogP) is 3.27. The largest absolute Gasteiger partial charge is 0.289 e. The Morgan fingerprint density at radius 3 is 2.72 bits per heavy atom. The van der Waals surface area contributed by atoms with E-state index < -0.39 is 0 Å². The average Bonchev–Trinajstić information content (AvgIpc) is 3.22. The van der Waals surface area contributed by atoms with Gasteiger partial charge in [0.1, 0.15) is 0 Å². The van der Waals surface area contributed by atoms with E-state index in [9.17, 15) is 4.79 Å². The van der Waals surface area contributed by atoms with Crippen LogP contribution in [0.15, 0.2) is 53.6 Å². The summed E-state index contributed by atoms with van der Waals surface area (Å²) in [6.45, 7) is 4.93. The van der Waals surface area contributed by atoms with Gasteiger partial charge in [-0.25, -0.2) is 9.50 Å². The van der Waals surface area contributed by atoms with Gasteiger partial charge in [0, 0.05) is 29.9 Å². The molecule has 0 saturated heterocycles. The lowest BCUT2D eigenvalue weighted by atomic mass is 10.1. The standard InChI is InChI=1S/C19H19N5O/c1-3-9-23-12-15(11-20-23)16-10-17(25)24-19(21-16)13(2)18(22-24)14-7-5-4-6-8-14/h4-8,10-12,22H,3,9H2,1-2H3. The van der Waals surface area contributed by atoms with E-state index in [4.69, 9.17) is 4.98 Å². The van der Waals surface area contributed by atoms with Crippen LogP contribution in [0.4, 0.5) is 0 Å². The zero-order chi connectivity index (χ0) is 17.4. The number of aromatic amines is 1. The van der Waals surface area contributed by atoms with Crippen LogP contribution in [0.1, 0.15) is 18.9 Å². The third-order valence-corrected chi connectivity index (χ3v) is 4.30. The van der Waals surface area contributed by atoms with E-state index in [0.717, 1.165) is 35.3 Å². The number of hydrogen-bond donors (Lipinski definition) is 1. The molecule has 25 heavy (non-hydrogen) atoms. The molecular weight excluding hydrogens is 314 g/mol. The molecule has 0 atom stereocenters. The number of aryl methyl sites for hydroxylation is 2. The zero-order valence-electron chi connectivity index (χ0n) is 14.2. The van der Waals surface area contributed by atoms with Gasteiger partial charge in [-0.1, -0.05) is 37.3 Å². The number of fused-ring (bicyclic) bond motifs is 1. The summed E-state index contributed by atoms with van der Waals surface area (Å²) in [4.78, 5) is 17.3. The van der Waals surface area contributed by atoms with E-state index >= 15 is 0 Å². The SMILES string of the molecule is CCCn1cc(-c2cc(=O)n3[nH]c(-c4ccccc4)c(C)c3n2)cn1. The molecule has 0 amide bonds. The highest BCUT2D eigenvalue weighted by Crippen LogP contribution is 2.25. The highest BCUT2D eigenvalue weighted by molar-refractivity contribution is 5.71. The van der Waals surface area contributed by atoms with Gasteiger partial charge in [0.15, 0.2) is 5.65 Å². The number of rotatable bonds is 4. The first-order valence-electron chi connectivity index (χ1n) is 8.38. The second kappa shape index (κ2) is 6.05. The van der Waals surface area contributed by atoms with E-state index in [1.807, 2.05) is 48.1 Å². The highest BCUT2D eigenvalue weighted by atomic mass is 16.1. The van der Waals surface area contributed by atoms with Gasteiger partial charge >= 0.3 is 0 Å². The fourth-order valence-electron chi connectivity index (χ4n) is 3.03. The van der Waals surface area contributed by atoms with Crippen molar-refractivity contribution in [3.05, 3.63) is 64.7 Å². The minimum absolute atomic E-state index is 0.131. The van der Waals surface area contributed by atoms with Crippen molar-refractivity contribution in [2.45, 2.75) is 26.8 Å². The zero-order valence-corrected chi connectivity index (χ0v) is 14.2. The molecule has 0 radical (unpaired) electrons. The molecule has 0 unspecified atom stereocenters. The summed E-state index contributed by atoms with van der Waals surface area (Å²) < 4.78 is 3.37. The highest BCUT2D eigenvalue weighted by Gasteiger charge is 2.14. The molecule has 0 aliphatic heterocycles. The van der Waals surface area contributed by atoms with Crippen molar-refractivity contribution < 1.29 is 0 Å². The van der Waals surface area contributed by atoms with E-state index in [-0.39, 0.29) is 5.56 Å². The Morgan fingerprint density at radius 2 is 1.96 bits per heavy atom. The summed E-state index contributed by atoms with van der Waals surface area (Å²) >= 11 is 0. The molecule has 3 heterocycles. The van der Waals surface area contributed by atoms with Crippen LogP contribution in [0, 0.1) is 6.92 Å². The van der Waals surface area contributed by atoms with Gasteiger partial charge in [-0.05, 0) is 18.9 Å². The summed E-state index contributed by atoms with van der Waals surface area (Å²) in [7, 11) is 0. The van der Waals surface area contributed by atoms with Gasteiger partial charge in [0.25, 0.3) is 5.56 Å². The summed E-state index contributed by atoms with van der Waals surface area (Å²) in [6, 6.07) is 11.5. The smallest absolute Gasteiger partial charge is 0.273 e. The summed E-state index contributed by atoms with van der Waals surface area (Å²) in [5.41, 5.74) is 4.90. The van der Waals surface area contributed by atoms with Gasteiger partial charge in [-0.3, -0.25) is 14.6 Å². The number of nitrogens with zero attached hydrogens (tertiary/aromatic N) is 4. The van der Waals surface area contributed by atoms with Crippen molar-refractivity contribution in [1.29, 1.82) is 0 Å². The van der Waals surface area contributed by atoms with E-state index in [2.05, 4.69) is 17.1 Å². The molecule has 0 bridgehead atoms. The lowest BCUT2D eigenvalue weighted by molar-refractivity contribution is 0.603. The predicted molar refractivity (Wildman–Crippen MR) is 97.5 cm³/mol. The lowest BCUT2D eigenvalue weighted by Crippen LogP contribution is -2.14. The summed E-state index contributed by atoms with van der Waals surface area (Å²) in [6.07, 6.45) is 4.70. The Kier molecular flexibility index (Phi) is 3.72. The number of hydrogen-bond acceptors (Lipinski definition) is 3. The molecule has 126 valence electrons. The molecular formula is C19H19N5O. The second-order valence-corrected chi connectivity index (χ2v) is 6.11. The van der Waals surface area contributed by atoms with Crippen LogP contribution in [-0.2, 0) is 6.54 Å². The molecule has 0 aliphatic rings. The van der Waals surface area contributed by atoms with Crippen LogP contribution in [0.3, 0.4) is 0 Å². The average molecular weight is 333 g/mol. The van der Waals surface area contributed by atoms with Crippen molar-refractivity contribution in [2.24, 2.45) is 0 Å². The summed E-state index contributed by atoms with van der Waals surface area (Å²) in [5.74, 6) is 0. The van der Waals surface area contributed by atoms with Gasteiger partial charge < -0.3 is 0 Å². The molecule has 4 aromatic rings. The van der Waals surface area contributed by atoms with Crippen molar-refractivity contribution in [3.63, 3.8) is 0 Å². The Balaban J connectivity index is 1.86. The molecule has 0 spiro atoms. The Hall–Kier alpha value is -3.15. The minimum atomic E-state index is -0.131. The maximum atomic E-state index is 12.6. The van der Waals surface area contributed by atoms with Crippen LogP contribution in [0.25, 0.3) is 28.2 Å². The maximum Gasteiger partial charge on any atom is 0.273 e. The fourth-order valence-corrected chi connectivity index (χ4v) is 3.03. The summed E-state index contributed by atoms with van der Waals surface area (Å²) in [5, 5.41) is 7.50. The fraction of sp³-hybridized carbons (Fsp3) is 0.211. The third-order valence-electron chi connectivity index (χ3n) is 4.30. The number of aromatic nitrogens is 5. The van der Waals surface area contributed by atoms with Crippen molar-refractivity contribution in [1.82, 2.24) is 24.4 Å². The van der Waals surface area contributed by atoms with Crippen LogP contribution < -0.4 is 5.56 Å². The monoisotopic (exact) mass is 333 g/mol. The van der Waals surface area contributed by atoms with E-state index in [0.29, 0.717) is 11.3 Å². The number of benzene rings is 1. The van der Waals surface area contributed by atoms with Crippen molar-refractivity contribution >= 4 is 5.65 Å². The molecule has 4 rings (SSSR count). The first-order chi connectivity index (χ1) is 12.2. The molecule has 1 N–H and O–H groups in total. The molecule has 0 fully saturated rings. The van der Waals surface area contributed by atoms with Crippen LogP contribution in [0.5, 0.6) is 0 Å². The first-order valence-corrected chi connectivity index (χ1v) is 8.38. The molecule has 1 aromatic carbocycles. The molecule has 0 saturated carbocycles. The van der Waals surface area contributed by atoms with Gasteiger partial charge in [-0.2, -0.15) is 5.10 Å². The third kappa shape index (κ3) is 2.65. The van der Waals surface area contributed by atoms with Crippen LogP contribution >= 0.6 is 0 Å². The Morgan fingerprint density at radius 1 is 1.16 bits per heavy atom. The van der Waals surface area contributed by atoms with Crippen molar-refractivity contribution in [2.75, 3.05) is 0 Å². The van der Waals surface area contributed by atoms with Gasteiger partial charge in [-0.15, -0.1) is 0 Å². The molecule has 6 nitrogen and oxygen atoms in total. The quantitative estimate of drug-likeness (QED) is 0.623. The van der Waals surface area contributed by atoms with E-state index in [1.54, 1.807) is 12.3 Å². The van der Waals surface area contributed by atoms with E-state index in [1.165, 1.54) is 4.52 Å². The maximum absolute atomic E-state index is 12.6. The Bertz CT molecular complexity index is 1090. The van der Waals surface area contributed by atoms with Gasteiger partial charge in [0.2, 0.25) is 0 Å². The minimum Gasteiger partial charge on any atom is -0.289 e. The van der Waals surface area contributed by atoms with Crippen molar-refractivity contribution in [3.8, 4) is 22.5 Å².